The quantitative estimate of drug-likeness (QED) is 0.758. The zero-order valence-corrected chi connectivity index (χ0v) is 10.3. The van der Waals surface area contributed by atoms with Crippen LogP contribution in [0.3, 0.4) is 0 Å². The molecule has 0 aliphatic carbocycles. The predicted molar refractivity (Wildman–Crippen MR) is 64.5 cm³/mol. The van der Waals surface area contributed by atoms with Gasteiger partial charge in [0.1, 0.15) is 5.75 Å². The van der Waals surface area contributed by atoms with Crippen molar-refractivity contribution in [3.63, 3.8) is 0 Å². The summed E-state index contributed by atoms with van der Waals surface area (Å²) in [6.45, 7) is 3.60. The molecule has 0 radical (unpaired) electrons. The third kappa shape index (κ3) is 2.74. The molecule has 5 nitrogen and oxygen atoms in total. The molecule has 1 aromatic heterocycles. The molecule has 94 valence electrons. The SMILES string of the molecule is CCc1nnc(COc2ccccc2C(C)=O)o1. The summed E-state index contributed by atoms with van der Waals surface area (Å²) < 4.78 is 10.8. The first-order valence-electron chi connectivity index (χ1n) is 5.74. The molecule has 0 aliphatic rings. The van der Waals surface area contributed by atoms with Crippen LogP contribution in [0.5, 0.6) is 5.75 Å². The van der Waals surface area contributed by atoms with E-state index in [0.29, 0.717) is 29.5 Å². The van der Waals surface area contributed by atoms with Gasteiger partial charge in [0.25, 0.3) is 5.89 Å². The minimum absolute atomic E-state index is 0.0367. The lowest BCUT2D eigenvalue weighted by Gasteiger charge is -2.07. The van der Waals surface area contributed by atoms with Crippen molar-refractivity contribution < 1.29 is 13.9 Å². The first-order chi connectivity index (χ1) is 8.70. The maximum absolute atomic E-state index is 11.4. The molecule has 1 aromatic carbocycles. The Morgan fingerprint density at radius 3 is 2.67 bits per heavy atom. The average Bonchev–Trinajstić information content (AvgIpc) is 2.84. The van der Waals surface area contributed by atoms with Gasteiger partial charge in [0.05, 0.1) is 5.56 Å². The van der Waals surface area contributed by atoms with Crippen LogP contribution >= 0.6 is 0 Å². The fourth-order valence-corrected chi connectivity index (χ4v) is 1.51. The van der Waals surface area contributed by atoms with Crippen molar-refractivity contribution in [3.8, 4) is 5.75 Å². The number of rotatable bonds is 5. The molecule has 0 saturated carbocycles. The number of ether oxygens (including phenoxy) is 1. The molecular formula is C13H14N2O3. The molecule has 5 heteroatoms. The summed E-state index contributed by atoms with van der Waals surface area (Å²) in [6.07, 6.45) is 0.692. The Balaban J connectivity index is 2.08. The highest BCUT2D eigenvalue weighted by molar-refractivity contribution is 5.96. The van der Waals surface area contributed by atoms with E-state index in [1.165, 1.54) is 6.92 Å². The van der Waals surface area contributed by atoms with Crippen molar-refractivity contribution in [1.29, 1.82) is 0 Å². The second kappa shape index (κ2) is 5.44. The Morgan fingerprint density at radius 1 is 1.28 bits per heavy atom. The fraction of sp³-hybridized carbons (Fsp3) is 0.308. The van der Waals surface area contributed by atoms with Crippen LogP contribution < -0.4 is 4.74 Å². The lowest BCUT2D eigenvalue weighted by molar-refractivity contribution is 0.101. The molecule has 0 unspecified atom stereocenters. The first-order valence-corrected chi connectivity index (χ1v) is 5.74. The molecule has 0 fully saturated rings. The van der Waals surface area contributed by atoms with Crippen molar-refractivity contribution in [1.82, 2.24) is 10.2 Å². The van der Waals surface area contributed by atoms with Gasteiger partial charge < -0.3 is 9.15 Å². The van der Waals surface area contributed by atoms with Crippen LogP contribution in [0.1, 0.15) is 36.0 Å². The van der Waals surface area contributed by atoms with Crippen LogP contribution in [-0.2, 0) is 13.0 Å². The van der Waals surface area contributed by atoms with E-state index in [2.05, 4.69) is 10.2 Å². The summed E-state index contributed by atoms with van der Waals surface area (Å²) in [4.78, 5) is 11.4. The molecule has 0 atom stereocenters. The van der Waals surface area contributed by atoms with Gasteiger partial charge in [-0.2, -0.15) is 0 Å². The molecule has 2 aromatic rings. The van der Waals surface area contributed by atoms with Crippen LogP contribution in [0, 0.1) is 0 Å². The van der Waals surface area contributed by atoms with Crippen LogP contribution in [0.2, 0.25) is 0 Å². The number of nitrogens with zero attached hydrogens (tertiary/aromatic N) is 2. The molecule has 0 N–H and O–H groups in total. The van der Waals surface area contributed by atoms with E-state index in [1.54, 1.807) is 18.2 Å². The van der Waals surface area contributed by atoms with E-state index in [-0.39, 0.29) is 12.4 Å². The Hall–Kier alpha value is -2.17. The standard InChI is InChI=1S/C13H14N2O3/c1-3-12-14-15-13(18-12)8-17-11-7-5-4-6-10(11)9(2)16/h4-7H,3,8H2,1-2H3. The number of Topliss-reactive ketones (excluding diaryl/α,β-unsaturated/α-hetero) is 1. The minimum atomic E-state index is -0.0367. The number of benzene rings is 1. The summed E-state index contributed by atoms with van der Waals surface area (Å²) in [5.74, 6) is 1.48. The van der Waals surface area contributed by atoms with Crippen molar-refractivity contribution >= 4 is 5.78 Å². The highest BCUT2D eigenvalue weighted by Gasteiger charge is 2.09. The Kier molecular flexibility index (Phi) is 3.72. The van der Waals surface area contributed by atoms with E-state index >= 15 is 0 Å². The maximum atomic E-state index is 11.4. The number of hydrogen-bond donors (Lipinski definition) is 0. The minimum Gasteiger partial charge on any atom is -0.483 e. The zero-order chi connectivity index (χ0) is 13.0. The molecule has 0 aliphatic heterocycles. The summed E-state index contributed by atoms with van der Waals surface area (Å²) in [7, 11) is 0. The molecular weight excluding hydrogens is 232 g/mol. The number of ketones is 1. The fourth-order valence-electron chi connectivity index (χ4n) is 1.51. The smallest absolute Gasteiger partial charge is 0.253 e. The van der Waals surface area contributed by atoms with Crippen molar-refractivity contribution in [2.75, 3.05) is 0 Å². The second-order valence-corrected chi connectivity index (χ2v) is 3.78. The van der Waals surface area contributed by atoms with Crippen LogP contribution in [0.4, 0.5) is 0 Å². The predicted octanol–water partition coefficient (Wildman–Crippen LogP) is 2.41. The van der Waals surface area contributed by atoms with Crippen molar-refractivity contribution in [2.24, 2.45) is 0 Å². The highest BCUT2D eigenvalue weighted by atomic mass is 16.5. The molecule has 0 saturated heterocycles. The molecule has 0 spiro atoms. The Morgan fingerprint density at radius 2 is 2.00 bits per heavy atom. The van der Waals surface area contributed by atoms with Crippen LogP contribution in [0.15, 0.2) is 28.7 Å². The summed E-state index contributed by atoms with van der Waals surface area (Å²) in [5.41, 5.74) is 0.549. The molecule has 2 rings (SSSR count). The largest absolute Gasteiger partial charge is 0.483 e. The van der Waals surface area contributed by atoms with Gasteiger partial charge in [0, 0.05) is 6.42 Å². The van der Waals surface area contributed by atoms with Gasteiger partial charge in [0.2, 0.25) is 5.89 Å². The van der Waals surface area contributed by atoms with Crippen molar-refractivity contribution in [3.05, 3.63) is 41.6 Å². The number of para-hydroxylation sites is 1. The lowest BCUT2D eigenvalue weighted by Crippen LogP contribution is -2.01. The van der Waals surface area contributed by atoms with Crippen LogP contribution in [0.25, 0.3) is 0 Å². The van der Waals surface area contributed by atoms with Gasteiger partial charge >= 0.3 is 0 Å². The molecule has 18 heavy (non-hydrogen) atoms. The van der Waals surface area contributed by atoms with Gasteiger partial charge in [-0.15, -0.1) is 10.2 Å². The third-order valence-corrected chi connectivity index (χ3v) is 2.43. The zero-order valence-electron chi connectivity index (χ0n) is 10.3. The maximum Gasteiger partial charge on any atom is 0.253 e. The summed E-state index contributed by atoms with van der Waals surface area (Å²) in [5, 5.41) is 7.69. The van der Waals surface area contributed by atoms with Gasteiger partial charge in [-0.1, -0.05) is 19.1 Å². The van der Waals surface area contributed by atoms with Crippen molar-refractivity contribution in [2.45, 2.75) is 26.9 Å². The van der Waals surface area contributed by atoms with E-state index in [4.69, 9.17) is 9.15 Å². The normalized spacial score (nSPS) is 10.3. The summed E-state index contributed by atoms with van der Waals surface area (Å²) in [6, 6.07) is 7.08. The monoisotopic (exact) mass is 246 g/mol. The van der Waals surface area contributed by atoms with E-state index in [0.717, 1.165) is 0 Å². The molecule has 0 bridgehead atoms. The molecule has 1 heterocycles. The van der Waals surface area contributed by atoms with Gasteiger partial charge in [-0.05, 0) is 19.1 Å². The molecule has 0 amide bonds. The number of carbonyl (C=O) groups is 1. The average molecular weight is 246 g/mol. The Bertz CT molecular complexity index is 549. The van der Waals surface area contributed by atoms with Crippen LogP contribution in [-0.4, -0.2) is 16.0 Å². The van der Waals surface area contributed by atoms with E-state index in [1.807, 2.05) is 13.0 Å². The van der Waals surface area contributed by atoms with Gasteiger partial charge in [-0.3, -0.25) is 4.79 Å². The van der Waals surface area contributed by atoms with E-state index in [9.17, 15) is 4.79 Å². The Labute approximate surface area is 105 Å². The second-order valence-electron chi connectivity index (χ2n) is 3.78. The van der Waals surface area contributed by atoms with Gasteiger partial charge in [-0.25, -0.2) is 0 Å². The van der Waals surface area contributed by atoms with E-state index < -0.39 is 0 Å². The number of carbonyl (C=O) groups excluding carboxylic acids is 1. The summed E-state index contributed by atoms with van der Waals surface area (Å²) >= 11 is 0. The lowest BCUT2D eigenvalue weighted by atomic mass is 10.1. The number of aryl methyl sites for hydroxylation is 1. The first kappa shape index (κ1) is 12.3. The highest BCUT2D eigenvalue weighted by Crippen LogP contribution is 2.19. The van der Waals surface area contributed by atoms with Gasteiger partial charge in [0.15, 0.2) is 12.4 Å². The third-order valence-electron chi connectivity index (χ3n) is 2.43. The topological polar surface area (TPSA) is 65.2 Å². The number of hydrogen-bond acceptors (Lipinski definition) is 5. The number of aromatic nitrogens is 2.